The van der Waals surface area contributed by atoms with E-state index in [1.54, 1.807) is 36.7 Å². The molecule has 0 saturated carbocycles. The molecule has 0 unspecified atom stereocenters. The molecule has 7 nitrogen and oxygen atoms in total. The van der Waals surface area contributed by atoms with Crippen LogP contribution in [-0.4, -0.2) is 33.9 Å². The summed E-state index contributed by atoms with van der Waals surface area (Å²) in [6.45, 7) is 3.22. The van der Waals surface area contributed by atoms with Crippen molar-refractivity contribution < 1.29 is 30.7 Å². The van der Waals surface area contributed by atoms with Crippen molar-refractivity contribution in [2.45, 2.75) is 25.7 Å². The summed E-state index contributed by atoms with van der Waals surface area (Å²) in [4.78, 5) is 22.3. The van der Waals surface area contributed by atoms with Gasteiger partial charge in [-0.3, -0.25) is 0 Å². The molecule has 9 heteroatoms. The number of aromatic nitrogens is 2. The third-order valence-electron chi connectivity index (χ3n) is 5.04. The van der Waals surface area contributed by atoms with Gasteiger partial charge in [-0.2, -0.15) is 0 Å². The van der Waals surface area contributed by atoms with Crippen LogP contribution in [0.1, 0.15) is 36.9 Å². The Morgan fingerprint density at radius 1 is 1.42 bits per heavy atom. The maximum absolute atomic E-state index is 11.5. The number of ether oxygens (including phenoxy) is 1. The molecule has 0 aromatic carbocycles. The second kappa shape index (κ2) is 10.1. The third-order valence-corrected chi connectivity index (χ3v) is 7.62. The Morgan fingerprint density at radius 3 is 3.03 bits per heavy atom. The quantitative estimate of drug-likeness (QED) is 0.563. The van der Waals surface area contributed by atoms with Gasteiger partial charge in [-0.25, -0.2) is 0 Å². The first-order valence-electron chi connectivity index (χ1n) is 9.82. The van der Waals surface area contributed by atoms with E-state index in [-0.39, 0.29) is 27.1 Å². The molecule has 1 N–H and O–H groups in total. The standard InChI is InChI=1S/C22H21IN5O2S/c1-15(29)28-8-4-16(5-9-28)20-14-31-22(27-20)26-18-10-19(2-6-23-11-18)30-21-13-25-7-3-17(21)12-24/h2-3,6-7,10-11,13-14,16H,4-5,8-9H2,1H3,(H,26,27)/q-1. The summed E-state index contributed by atoms with van der Waals surface area (Å²) in [7, 11) is 0. The van der Waals surface area contributed by atoms with Crippen molar-refractivity contribution in [3.05, 3.63) is 66.9 Å². The normalized spacial score (nSPS) is 17.0. The van der Waals surface area contributed by atoms with E-state index in [4.69, 9.17) is 9.72 Å². The van der Waals surface area contributed by atoms with Crippen LogP contribution in [0.25, 0.3) is 0 Å². The number of nitriles is 1. The molecule has 2 aromatic heterocycles. The summed E-state index contributed by atoms with van der Waals surface area (Å²) in [5.74, 6) is 1.63. The molecule has 2 aromatic rings. The molecule has 0 bridgehead atoms. The van der Waals surface area contributed by atoms with Gasteiger partial charge in [0.05, 0.1) is 0 Å². The zero-order valence-corrected chi connectivity index (χ0v) is 19.9. The number of nitrogens with zero attached hydrogens (tertiary/aromatic N) is 4. The van der Waals surface area contributed by atoms with E-state index in [1.165, 1.54) is 0 Å². The molecule has 31 heavy (non-hydrogen) atoms. The molecule has 4 rings (SSSR count). The molecule has 1 saturated heterocycles. The number of hydrogen-bond donors (Lipinski definition) is 1. The zero-order valence-electron chi connectivity index (χ0n) is 16.9. The van der Waals surface area contributed by atoms with Gasteiger partial charge in [0, 0.05) is 0 Å². The SMILES string of the molecule is CC(=O)N1CCC(c2csc(NC3=C[I-]C=CC(Oc4cnccc4C#N)=C3)n2)CC1. The van der Waals surface area contributed by atoms with Gasteiger partial charge in [-0.1, -0.05) is 0 Å². The van der Waals surface area contributed by atoms with Crippen molar-refractivity contribution in [2.75, 3.05) is 18.4 Å². The number of pyridine rings is 1. The summed E-state index contributed by atoms with van der Waals surface area (Å²) in [6.07, 6.45) is 8.88. The second-order valence-electron chi connectivity index (χ2n) is 7.10. The molecule has 160 valence electrons. The Bertz CT molecular complexity index is 1090. The van der Waals surface area contributed by atoms with Gasteiger partial charge in [0.25, 0.3) is 0 Å². The molecule has 0 aliphatic carbocycles. The van der Waals surface area contributed by atoms with E-state index in [1.807, 2.05) is 17.1 Å². The van der Waals surface area contributed by atoms with Crippen LogP contribution >= 0.6 is 11.3 Å². The summed E-state index contributed by atoms with van der Waals surface area (Å²) in [5, 5.41) is 15.6. The molecule has 4 heterocycles. The summed E-state index contributed by atoms with van der Waals surface area (Å²) in [6, 6.07) is 3.76. The predicted molar refractivity (Wildman–Crippen MR) is 115 cm³/mol. The minimum absolute atomic E-state index is 0.147. The van der Waals surface area contributed by atoms with Crippen LogP contribution in [0, 0.1) is 11.3 Å². The van der Waals surface area contributed by atoms with Gasteiger partial charge in [0.15, 0.2) is 0 Å². The van der Waals surface area contributed by atoms with E-state index in [2.05, 4.69) is 29.9 Å². The first-order chi connectivity index (χ1) is 15.1. The van der Waals surface area contributed by atoms with Gasteiger partial charge in [-0.15, -0.1) is 0 Å². The van der Waals surface area contributed by atoms with E-state index in [0.29, 0.717) is 23.0 Å². The minimum atomic E-state index is -0.262. The average molecular weight is 546 g/mol. The number of nitrogens with one attached hydrogen (secondary N) is 1. The number of halogens is 1. The van der Waals surface area contributed by atoms with Crippen LogP contribution < -0.4 is 31.3 Å². The van der Waals surface area contributed by atoms with Crippen LogP contribution in [0.3, 0.4) is 0 Å². The Morgan fingerprint density at radius 2 is 2.26 bits per heavy atom. The fourth-order valence-electron chi connectivity index (χ4n) is 3.39. The van der Waals surface area contributed by atoms with E-state index >= 15 is 0 Å². The number of carbonyl (C=O) groups is 1. The Balaban J connectivity index is 1.42. The first-order valence-corrected chi connectivity index (χ1v) is 13.2. The number of piperidine rings is 1. The number of thiazole rings is 1. The average Bonchev–Trinajstić information content (AvgIpc) is 3.14. The summed E-state index contributed by atoms with van der Waals surface area (Å²) >= 11 is 1.32. The van der Waals surface area contributed by atoms with E-state index in [9.17, 15) is 10.1 Å². The van der Waals surface area contributed by atoms with Crippen LogP contribution in [0.5, 0.6) is 5.75 Å². The molecule has 0 spiro atoms. The fraction of sp³-hybridized carbons (Fsp3) is 0.273. The van der Waals surface area contributed by atoms with Crippen LogP contribution in [-0.2, 0) is 4.79 Å². The number of amides is 1. The summed E-state index contributed by atoms with van der Waals surface area (Å²) in [5.41, 5.74) is 2.47. The maximum atomic E-state index is 11.5. The number of carbonyl (C=O) groups excluding carboxylic acids is 1. The zero-order chi connectivity index (χ0) is 21.6. The van der Waals surface area contributed by atoms with Gasteiger partial charge < -0.3 is 0 Å². The topological polar surface area (TPSA) is 91.1 Å². The summed E-state index contributed by atoms with van der Waals surface area (Å²) < 4.78 is 10.2. The van der Waals surface area contributed by atoms with Crippen LogP contribution in [0.2, 0.25) is 0 Å². The van der Waals surface area contributed by atoms with Crippen molar-refractivity contribution in [2.24, 2.45) is 0 Å². The Hall–Kier alpha value is -2.71. The molecule has 2 aliphatic rings. The number of anilines is 1. The van der Waals surface area contributed by atoms with E-state index < -0.39 is 0 Å². The van der Waals surface area contributed by atoms with Crippen molar-refractivity contribution in [3.8, 4) is 11.8 Å². The Labute approximate surface area is 195 Å². The van der Waals surface area contributed by atoms with E-state index in [0.717, 1.165) is 42.5 Å². The fourth-order valence-corrected chi connectivity index (χ4v) is 5.69. The molecule has 1 amide bonds. The van der Waals surface area contributed by atoms with Crippen molar-refractivity contribution >= 4 is 22.4 Å². The van der Waals surface area contributed by atoms with Gasteiger partial charge in [-0.05, 0) is 0 Å². The Kier molecular flexibility index (Phi) is 6.99. The van der Waals surface area contributed by atoms with Crippen molar-refractivity contribution in [1.82, 2.24) is 14.9 Å². The van der Waals surface area contributed by atoms with Crippen molar-refractivity contribution in [1.29, 1.82) is 5.26 Å². The van der Waals surface area contributed by atoms with Gasteiger partial charge in [0.1, 0.15) is 0 Å². The van der Waals surface area contributed by atoms with Gasteiger partial charge >= 0.3 is 196 Å². The monoisotopic (exact) mass is 546 g/mol. The first kappa shape index (κ1) is 21.5. The number of hydrogen-bond acceptors (Lipinski definition) is 7. The van der Waals surface area contributed by atoms with Crippen LogP contribution in [0.4, 0.5) is 5.13 Å². The predicted octanol–water partition coefficient (Wildman–Crippen LogP) is 0.968. The number of allylic oxidation sites excluding steroid dienone is 2. The molecule has 0 atom stereocenters. The number of rotatable bonds is 5. The second-order valence-corrected chi connectivity index (χ2v) is 10.0. The molecule has 2 aliphatic heterocycles. The molecular weight excluding hydrogens is 525 g/mol. The molecule has 1 fully saturated rings. The molecular formula is C22H21IN5O2S-. The third kappa shape index (κ3) is 5.51. The van der Waals surface area contributed by atoms with Crippen molar-refractivity contribution in [3.63, 3.8) is 0 Å². The van der Waals surface area contributed by atoms with Crippen LogP contribution in [0.15, 0.2) is 55.6 Å². The molecule has 0 radical (unpaired) electrons. The number of likely N-dealkylation sites (tertiary alicyclic amines) is 1. The van der Waals surface area contributed by atoms with Gasteiger partial charge in [0.2, 0.25) is 0 Å².